The van der Waals surface area contributed by atoms with Gasteiger partial charge < -0.3 is 10.2 Å². The fourth-order valence-electron chi connectivity index (χ4n) is 3.08. The van der Waals surface area contributed by atoms with Gasteiger partial charge in [0.15, 0.2) is 0 Å². The summed E-state index contributed by atoms with van der Waals surface area (Å²) >= 11 is 0. The molecule has 0 bridgehead atoms. The standard InChI is InChI=1S/C17H30N2O2S2/c20-16(8-4-3-7-15-10-14-22-23-15)18-11-6-13-19-12-5-1-2-9-17(19)21/h15H,1-14H2,(H,18,20). The minimum Gasteiger partial charge on any atom is -0.356 e. The molecule has 2 aliphatic heterocycles. The molecule has 1 unspecified atom stereocenters. The third-order valence-electron chi connectivity index (χ3n) is 4.51. The van der Waals surface area contributed by atoms with Crippen molar-refractivity contribution in [3.8, 4) is 0 Å². The lowest BCUT2D eigenvalue weighted by Gasteiger charge is -2.20. The molecule has 0 aromatic rings. The monoisotopic (exact) mass is 358 g/mol. The Morgan fingerprint density at radius 2 is 2.13 bits per heavy atom. The average Bonchev–Trinajstić information content (AvgIpc) is 2.98. The van der Waals surface area contributed by atoms with Gasteiger partial charge >= 0.3 is 0 Å². The summed E-state index contributed by atoms with van der Waals surface area (Å²) in [5.74, 6) is 1.74. The largest absolute Gasteiger partial charge is 0.356 e. The summed E-state index contributed by atoms with van der Waals surface area (Å²) in [6.45, 7) is 2.37. The van der Waals surface area contributed by atoms with E-state index in [-0.39, 0.29) is 11.8 Å². The molecule has 2 saturated heterocycles. The van der Waals surface area contributed by atoms with Crippen LogP contribution in [0.25, 0.3) is 0 Å². The highest BCUT2D eigenvalue weighted by atomic mass is 33.1. The van der Waals surface area contributed by atoms with Crippen LogP contribution in [0.1, 0.15) is 64.2 Å². The van der Waals surface area contributed by atoms with Crippen LogP contribution in [0.5, 0.6) is 0 Å². The number of likely N-dealkylation sites (tertiary alicyclic amines) is 1. The number of unbranched alkanes of at least 4 members (excludes halogenated alkanes) is 1. The molecule has 2 fully saturated rings. The van der Waals surface area contributed by atoms with Gasteiger partial charge in [-0.3, -0.25) is 9.59 Å². The molecule has 132 valence electrons. The highest BCUT2D eigenvalue weighted by Gasteiger charge is 2.16. The number of nitrogens with zero attached hydrogens (tertiary/aromatic N) is 1. The lowest BCUT2D eigenvalue weighted by molar-refractivity contribution is -0.130. The van der Waals surface area contributed by atoms with Crippen LogP contribution >= 0.6 is 21.6 Å². The summed E-state index contributed by atoms with van der Waals surface area (Å²) in [7, 11) is 4.00. The molecular weight excluding hydrogens is 328 g/mol. The number of hydrogen-bond acceptors (Lipinski definition) is 4. The van der Waals surface area contributed by atoms with Crippen LogP contribution in [0, 0.1) is 0 Å². The number of carbonyl (C=O) groups is 2. The Morgan fingerprint density at radius 3 is 2.96 bits per heavy atom. The fourth-order valence-corrected chi connectivity index (χ4v) is 6.11. The van der Waals surface area contributed by atoms with Gasteiger partial charge in [-0.05, 0) is 38.5 Å². The normalized spacial score (nSPS) is 22.2. The zero-order valence-electron chi connectivity index (χ0n) is 14.1. The minimum atomic E-state index is 0.167. The Labute approximate surface area is 148 Å². The predicted molar refractivity (Wildman–Crippen MR) is 99.6 cm³/mol. The second-order valence-electron chi connectivity index (χ2n) is 6.47. The smallest absolute Gasteiger partial charge is 0.222 e. The molecule has 2 aliphatic rings. The first-order valence-electron chi connectivity index (χ1n) is 9.08. The van der Waals surface area contributed by atoms with Crippen LogP contribution in [-0.4, -0.2) is 47.4 Å². The van der Waals surface area contributed by atoms with Crippen molar-refractivity contribution < 1.29 is 9.59 Å². The molecule has 2 rings (SSSR count). The minimum absolute atomic E-state index is 0.167. The van der Waals surface area contributed by atoms with E-state index in [4.69, 9.17) is 0 Å². The Morgan fingerprint density at radius 1 is 1.22 bits per heavy atom. The second-order valence-corrected chi connectivity index (χ2v) is 9.26. The van der Waals surface area contributed by atoms with Crippen LogP contribution in [0.3, 0.4) is 0 Å². The van der Waals surface area contributed by atoms with Gasteiger partial charge in [-0.2, -0.15) is 0 Å². The maximum Gasteiger partial charge on any atom is 0.222 e. The van der Waals surface area contributed by atoms with Crippen molar-refractivity contribution in [2.24, 2.45) is 0 Å². The van der Waals surface area contributed by atoms with Crippen LogP contribution in [0.15, 0.2) is 0 Å². The number of carbonyl (C=O) groups excluding carboxylic acids is 2. The first-order valence-corrected chi connectivity index (χ1v) is 11.5. The topological polar surface area (TPSA) is 49.4 Å². The van der Waals surface area contributed by atoms with Gasteiger partial charge in [-0.1, -0.05) is 34.4 Å². The molecule has 6 heteroatoms. The third kappa shape index (κ3) is 7.84. The van der Waals surface area contributed by atoms with E-state index < -0.39 is 0 Å². The molecule has 4 nitrogen and oxygen atoms in total. The molecule has 0 aromatic carbocycles. The molecule has 0 radical (unpaired) electrons. The van der Waals surface area contributed by atoms with Gasteiger partial charge in [0.1, 0.15) is 0 Å². The first-order chi connectivity index (χ1) is 11.3. The van der Waals surface area contributed by atoms with Crippen molar-refractivity contribution in [2.45, 2.75) is 69.5 Å². The summed E-state index contributed by atoms with van der Waals surface area (Å²) < 4.78 is 0. The lowest BCUT2D eigenvalue weighted by atomic mass is 10.1. The van der Waals surface area contributed by atoms with Crippen molar-refractivity contribution >= 4 is 33.4 Å². The summed E-state index contributed by atoms with van der Waals surface area (Å²) in [6, 6.07) is 0. The molecule has 1 N–H and O–H groups in total. The highest BCUT2D eigenvalue weighted by Crippen LogP contribution is 2.39. The maximum absolute atomic E-state index is 11.9. The van der Waals surface area contributed by atoms with E-state index in [2.05, 4.69) is 5.32 Å². The Kier molecular flexibility index (Phi) is 9.27. The fraction of sp³-hybridized carbons (Fsp3) is 0.882. The van der Waals surface area contributed by atoms with Gasteiger partial charge in [0.05, 0.1) is 0 Å². The van der Waals surface area contributed by atoms with Crippen LogP contribution in [0.2, 0.25) is 0 Å². The van der Waals surface area contributed by atoms with E-state index in [0.717, 1.165) is 56.9 Å². The Bertz CT molecular complexity index is 374. The predicted octanol–water partition coefficient (Wildman–Crippen LogP) is 3.61. The Hall–Kier alpha value is -0.360. The van der Waals surface area contributed by atoms with E-state index in [1.807, 2.05) is 26.5 Å². The maximum atomic E-state index is 11.9. The molecular formula is C17H30N2O2S2. The molecule has 0 spiro atoms. The quantitative estimate of drug-likeness (QED) is 0.505. The van der Waals surface area contributed by atoms with Crippen LogP contribution in [-0.2, 0) is 9.59 Å². The highest BCUT2D eigenvalue weighted by molar-refractivity contribution is 8.77. The van der Waals surface area contributed by atoms with Crippen molar-refractivity contribution in [2.75, 3.05) is 25.4 Å². The van der Waals surface area contributed by atoms with Gasteiger partial charge in [0.25, 0.3) is 0 Å². The van der Waals surface area contributed by atoms with Gasteiger partial charge in [-0.15, -0.1) is 0 Å². The zero-order chi connectivity index (χ0) is 16.3. The van der Waals surface area contributed by atoms with E-state index in [1.54, 1.807) is 0 Å². The van der Waals surface area contributed by atoms with Crippen molar-refractivity contribution in [1.82, 2.24) is 10.2 Å². The molecule has 2 amide bonds. The van der Waals surface area contributed by atoms with E-state index in [0.29, 0.717) is 19.4 Å². The van der Waals surface area contributed by atoms with Crippen molar-refractivity contribution in [3.05, 3.63) is 0 Å². The van der Waals surface area contributed by atoms with E-state index >= 15 is 0 Å². The second kappa shape index (κ2) is 11.2. The van der Waals surface area contributed by atoms with Crippen molar-refractivity contribution in [1.29, 1.82) is 0 Å². The first kappa shape index (κ1) is 19.0. The summed E-state index contributed by atoms with van der Waals surface area (Å²) in [5.41, 5.74) is 0. The summed E-state index contributed by atoms with van der Waals surface area (Å²) in [6.07, 6.45) is 10.3. The molecule has 0 aromatic heterocycles. The summed E-state index contributed by atoms with van der Waals surface area (Å²) in [4.78, 5) is 25.6. The van der Waals surface area contributed by atoms with Gasteiger partial charge in [0, 0.05) is 43.5 Å². The molecule has 2 heterocycles. The Balaban J connectivity index is 1.45. The SMILES string of the molecule is O=C(CCCCC1CCSS1)NCCCN1CCCCCC1=O. The molecule has 1 atom stereocenters. The van der Waals surface area contributed by atoms with Crippen LogP contribution in [0.4, 0.5) is 0 Å². The lowest BCUT2D eigenvalue weighted by Crippen LogP contribution is -2.33. The van der Waals surface area contributed by atoms with Gasteiger partial charge in [-0.25, -0.2) is 0 Å². The number of hydrogen-bond donors (Lipinski definition) is 1. The third-order valence-corrected chi connectivity index (χ3v) is 7.51. The molecule has 0 aliphatic carbocycles. The molecule has 23 heavy (non-hydrogen) atoms. The van der Waals surface area contributed by atoms with Gasteiger partial charge in [0.2, 0.25) is 11.8 Å². The zero-order valence-corrected chi connectivity index (χ0v) is 15.7. The van der Waals surface area contributed by atoms with Crippen molar-refractivity contribution in [3.63, 3.8) is 0 Å². The van der Waals surface area contributed by atoms with E-state index in [9.17, 15) is 9.59 Å². The average molecular weight is 359 g/mol. The number of rotatable bonds is 9. The van der Waals surface area contributed by atoms with Crippen LogP contribution < -0.4 is 5.32 Å². The number of nitrogens with one attached hydrogen (secondary N) is 1. The molecule has 0 saturated carbocycles. The van der Waals surface area contributed by atoms with E-state index in [1.165, 1.54) is 18.6 Å². The number of amides is 2. The summed E-state index contributed by atoms with van der Waals surface area (Å²) in [5, 5.41) is 3.81.